The number of hydrogen-bond acceptors (Lipinski definition) is 4. The zero-order valence-corrected chi connectivity index (χ0v) is 13.2. The Morgan fingerprint density at radius 3 is 2.67 bits per heavy atom. The van der Waals surface area contributed by atoms with Crippen molar-refractivity contribution >= 4 is 15.7 Å². The van der Waals surface area contributed by atoms with Crippen molar-refractivity contribution in [3.63, 3.8) is 0 Å². The minimum absolute atomic E-state index is 0.0636. The van der Waals surface area contributed by atoms with Gasteiger partial charge in [-0.05, 0) is 38.8 Å². The second-order valence-electron chi connectivity index (χ2n) is 5.95. The number of amides is 1. The summed E-state index contributed by atoms with van der Waals surface area (Å²) in [6.45, 7) is 3.10. The monoisotopic (exact) mass is 317 g/mol. The van der Waals surface area contributed by atoms with Crippen molar-refractivity contribution in [1.29, 1.82) is 0 Å². The lowest BCUT2D eigenvalue weighted by atomic mass is 9.90. The van der Waals surface area contributed by atoms with Gasteiger partial charge in [0, 0.05) is 12.2 Å². The molecule has 1 aliphatic heterocycles. The molecular weight excluding hydrogens is 297 g/mol. The minimum atomic E-state index is -3.56. The summed E-state index contributed by atoms with van der Waals surface area (Å²) in [4.78, 5) is 17.9. The summed E-state index contributed by atoms with van der Waals surface area (Å²) >= 11 is 0. The van der Waals surface area contributed by atoms with E-state index in [1.54, 1.807) is 6.08 Å². The van der Waals surface area contributed by atoms with E-state index >= 15 is 0 Å². The van der Waals surface area contributed by atoms with Gasteiger partial charge in [-0.2, -0.15) is 0 Å². The first kappa shape index (κ1) is 16.2. The normalized spacial score (nSPS) is 26.9. The quantitative estimate of drug-likeness (QED) is 0.796. The van der Waals surface area contributed by atoms with Gasteiger partial charge in [-0.1, -0.05) is 6.08 Å². The van der Waals surface area contributed by atoms with E-state index in [9.17, 15) is 17.6 Å². The number of hydroxylamine groups is 2. The summed E-state index contributed by atoms with van der Waals surface area (Å²) in [6.07, 6.45) is 6.66. The van der Waals surface area contributed by atoms with Crippen LogP contribution in [0.4, 0.5) is 4.39 Å². The van der Waals surface area contributed by atoms with E-state index in [0.29, 0.717) is 19.4 Å². The Morgan fingerprint density at radius 2 is 2.14 bits per heavy atom. The fraction of sp³-hybridized carbons (Fsp3) is 0.643. The van der Waals surface area contributed by atoms with Crippen molar-refractivity contribution in [3.05, 3.63) is 24.1 Å². The molecule has 0 bridgehead atoms. The van der Waals surface area contributed by atoms with Crippen LogP contribution >= 0.6 is 0 Å². The highest BCUT2D eigenvalue weighted by molar-refractivity contribution is 7.92. The van der Waals surface area contributed by atoms with Crippen LogP contribution in [0.25, 0.3) is 0 Å². The van der Waals surface area contributed by atoms with E-state index in [1.807, 2.05) is 0 Å². The summed E-state index contributed by atoms with van der Waals surface area (Å²) in [6, 6.07) is -0.265. The van der Waals surface area contributed by atoms with Gasteiger partial charge in [0.15, 0.2) is 9.84 Å². The highest BCUT2D eigenvalue weighted by atomic mass is 32.2. The second-order valence-corrected chi connectivity index (χ2v) is 8.52. The Hall–Kier alpha value is -1.21. The lowest BCUT2D eigenvalue weighted by Gasteiger charge is -2.33. The molecule has 7 heteroatoms. The third kappa shape index (κ3) is 3.03. The molecule has 0 aromatic rings. The van der Waals surface area contributed by atoms with Crippen molar-refractivity contribution in [3.8, 4) is 0 Å². The maximum Gasteiger partial charge on any atom is 0.267 e. The zero-order valence-electron chi connectivity index (χ0n) is 12.4. The van der Waals surface area contributed by atoms with Crippen LogP contribution in [0.1, 0.15) is 26.7 Å². The number of sulfone groups is 1. The van der Waals surface area contributed by atoms with Gasteiger partial charge in [0.25, 0.3) is 5.91 Å². The topological polar surface area (TPSA) is 63.7 Å². The summed E-state index contributed by atoms with van der Waals surface area (Å²) in [5.41, 5.74) is 0. The summed E-state index contributed by atoms with van der Waals surface area (Å²) in [7, 11) is -3.56. The number of rotatable bonds is 3. The zero-order chi connectivity index (χ0) is 15.8. The number of carbonyl (C=O) groups excluding carboxylic acids is 1. The largest absolute Gasteiger partial charge is 0.271 e. The van der Waals surface area contributed by atoms with Crippen LogP contribution in [0, 0.1) is 5.92 Å². The number of carbonyl (C=O) groups is 1. The molecule has 2 atom stereocenters. The molecule has 118 valence electrons. The number of nitrogens with zero attached hydrogens (tertiary/aromatic N) is 1. The molecule has 0 spiro atoms. The molecule has 1 fully saturated rings. The Kier molecular flexibility index (Phi) is 4.26. The maximum absolute atomic E-state index is 13.0. The van der Waals surface area contributed by atoms with Gasteiger partial charge in [0.05, 0.1) is 12.6 Å². The first-order valence-corrected chi connectivity index (χ1v) is 8.74. The van der Waals surface area contributed by atoms with Crippen LogP contribution in [0.15, 0.2) is 24.1 Å². The van der Waals surface area contributed by atoms with Crippen LogP contribution in [0.2, 0.25) is 0 Å². The predicted octanol–water partition coefficient (Wildman–Crippen LogP) is 1.77. The minimum Gasteiger partial charge on any atom is -0.271 e. The molecule has 2 aliphatic rings. The van der Waals surface area contributed by atoms with Gasteiger partial charge in [-0.3, -0.25) is 9.63 Å². The van der Waals surface area contributed by atoms with Crippen LogP contribution in [-0.4, -0.2) is 43.0 Å². The molecule has 1 aliphatic carbocycles. The van der Waals surface area contributed by atoms with E-state index in [2.05, 4.69) is 0 Å². The van der Waals surface area contributed by atoms with E-state index < -0.39 is 20.5 Å². The average Bonchev–Trinajstić information content (AvgIpc) is 2.86. The Bertz CT molecular complexity index is 594. The molecule has 2 rings (SSSR count). The molecule has 0 aromatic carbocycles. The van der Waals surface area contributed by atoms with Crippen molar-refractivity contribution in [2.24, 2.45) is 5.92 Å². The highest BCUT2D eigenvalue weighted by Crippen LogP contribution is 2.32. The number of hydrogen-bond donors (Lipinski definition) is 0. The SMILES string of the molecule is CC(C)(C(=O)N1OCC[C@H]1C1C=CC(F)=CC1)S(C)(=O)=O. The van der Waals surface area contributed by atoms with Gasteiger partial charge < -0.3 is 0 Å². The molecule has 5 nitrogen and oxygen atoms in total. The first-order chi connectivity index (χ1) is 9.64. The molecule has 0 aromatic heterocycles. The molecule has 0 saturated carbocycles. The molecule has 1 saturated heterocycles. The molecule has 1 amide bonds. The van der Waals surface area contributed by atoms with E-state index in [0.717, 1.165) is 6.26 Å². The number of halogens is 1. The molecular formula is C14H20FNO4S. The standard InChI is InChI=1S/C14H20FNO4S/c1-14(2,21(3,18)19)13(17)16-12(8-9-20-16)10-4-6-11(15)7-5-10/h4,6-7,10,12H,5,8-9H2,1-3H3/t10?,12-/m0/s1. The highest BCUT2D eigenvalue weighted by Gasteiger charge is 2.47. The third-order valence-corrected chi connectivity index (χ3v) is 6.20. The van der Waals surface area contributed by atoms with E-state index in [-0.39, 0.29) is 17.8 Å². The summed E-state index contributed by atoms with van der Waals surface area (Å²) < 4.78 is 35.1. The van der Waals surface area contributed by atoms with E-state index in [4.69, 9.17) is 4.84 Å². The van der Waals surface area contributed by atoms with Gasteiger partial charge in [-0.15, -0.1) is 0 Å². The molecule has 0 N–H and O–H groups in total. The smallest absolute Gasteiger partial charge is 0.267 e. The van der Waals surface area contributed by atoms with Crippen LogP contribution in [0.3, 0.4) is 0 Å². The first-order valence-electron chi connectivity index (χ1n) is 6.84. The average molecular weight is 317 g/mol. The Labute approximate surface area is 124 Å². The summed E-state index contributed by atoms with van der Waals surface area (Å²) in [5.74, 6) is -0.929. The lowest BCUT2D eigenvalue weighted by molar-refractivity contribution is -0.181. The Balaban J connectivity index is 2.20. The maximum atomic E-state index is 13.0. The molecule has 1 unspecified atom stereocenters. The van der Waals surface area contributed by atoms with Gasteiger partial charge in [-0.25, -0.2) is 17.9 Å². The molecule has 1 heterocycles. The van der Waals surface area contributed by atoms with Crippen LogP contribution < -0.4 is 0 Å². The van der Waals surface area contributed by atoms with Crippen LogP contribution in [0.5, 0.6) is 0 Å². The second kappa shape index (κ2) is 5.53. The van der Waals surface area contributed by atoms with Crippen LogP contribution in [-0.2, 0) is 19.5 Å². The molecule has 21 heavy (non-hydrogen) atoms. The predicted molar refractivity (Wildman–Crippen MR) is 76.6 cm³/mol. The van der Waals surface area contributed by atoms with Crippen molar-refractivity contribution in [2.75, 3.05) is 12.9 Å². The number of allylic oxidation sites excluding steroid dienone is 3. The van der Waals surface area contributed by atoms with E-state index in [1.165, 1.54) is 31.1 Å². The van der Waals surface area contributed by atoms with Crippen molar-refractivity contribution in [2.45, 2.75) is 37.5 Å². The summed E-state index contributed by atoms with van der Waals surface area (Å²) in [5, 5.41) is 1.17. The Morgan fingerprint density at radius 1 is 1.48 bits per heavy atom. The fourth-order valence-corrected chi connectivity index (χ4v) is 2.81. The van der Waals surface area contributed by atoms with Crippen molar-refractivity contribution in [1.82, 2.24) is 5.06 Å². The van der Waals surface area contributed by atoms with Crippen molar-refractivity contribution < 1.29 is 22.4 Å². The van der Waals surface area contributed by atoms with Gasteiger partial charge in [0.2, 0.25) is 0 Å². The molecule has 0 radical (unpaired) electrons. The van der Waals surface area contributed by atoms with Gasteiger partial charge >= 0.3 is 0 Å². The third-order valence-electron chi connectivity index (χ3n) is 4.17. The lowest BCUT2D eigenvalue weighted by Crippen LogP contribution is -2.52. The van der Waals surface area contributed by atoms with Gasteiger partial charge in [0.1, 0.15) is 10.6 Å². The fourth-order valence-electron chi connectivity index (χ4n) is 2.40.